The Labute approximate surface area is 141 Å². The van der Waals surface area contributed by atoms with Gasteiger partial charge < -0.3 is 14.8 Å². The molecule has 5 nitrogen and oxygen atoms in total. The van der Waals surface area contributed by atoms with Crippen molar-refractivity contribution in [2.75, 3.05) is 13.7 Å². The Morgan fingerprint density at radius 1 is 1.48 bits per heavy atom. The number of benzene rings is 1. The molecule has 1 aromatic rings. The summed E-state index contributed by atoms with van der Waals surface area (Å²) in [6, 6.07) is 5.15. The molecule has 0 saturated heterocycles. The lowest BCUT2D eigenvalue weighted by molar-refractivity contribution is -0.117. The highest BCUT2D eigenvalue weighted by molar-refractivity contribution is 6.32. The minimum absolute atomic E-state index is 0.000883. The second-order valence-corrected chi connectivity index (χ2v) is 5.59. The van der Waals surface area contributed by atoms with Crippen molar-refractivity contribution in [1.82, 2.24) is 5.32 Å². The van der Waals surface area contributed by atoms with Crippen molar-refractivity contribution in [3.8, 4) is 17.6 Å². The van der Waals surface area contributed by atoms with E-state index in [0.717, 1.165) is 6.42 Å². The molecule has 0 bridgehead atoms. The van der Waals surface area contributed by atoms with Gasteiger partial charge in [0, 0.05) is 6.04 Å². The van der Waals surface area contributed by atoms with E-state index < -0.39 is 5.91 Å². The number of methoxy groups -OCH3 is 1. The summed E-state index contributed by atoms with van der Waals surface area (Å²) in [4.78, 5) is 11.9. The third-order valence-corrected chi connectivity index (χ3v) is 3.08. The van der Waals surface area contributed by atoms with Crippen molar-refractivity contribution in [1.29, 1.82) is 5.26 Å². The maximum absolute atomic E-state index is 11.9. The number of nitrogens with one attached hydrogen (secondary N) is 1. The van der Waals surface area contributed by atoms with Crippen LogP contribution in [-0.4, -0.2) is 25.7 Å². The predicted octanol–water partition coefficient (Wildman–Crippen LogP) is 3.57. The van der Waals surface area contributed by atoms with Crippen LogP contribution < -0.4 is 14.8 Å². The molecule has 0 atom stereocenters. The van der Waals surface area contributed by atoms with Crippen molar-refractivity contribution in [3.63, 3.8) is 0 Å². The largest absolute Gasteiger partial charge is 0.493 e. The fraction of sp³-hybridized carbons (Fsp3) is 0.412. The fourth-order valence-corrected chi connectivity index (χ4v) is 2.10. The first-order valence-electron chi connectivity index (χ1n) is 7.35. The van der Waals surface area contributed by atoms with Crippen molar-refractivity contribution >= 4 is 23.6 Å². The summed E-state index contributed by atoms with van der Waals surface area (Å²) in [6.45, 7) is 6.16. The van der Waals surface area contributed by atoms with Gasteiger partial charge in [-0.15, -0.1) is 0 Å². The number of nitriles is 1. The summed E-state index contributed by atoms with van der Waals surface area (Å²) < 4.78 is 10.9. The van der Waals surface area contributed by atoms with Crippen LogP contribution in [0, 0.1) is 11.3 Å². The van der Waals surface area contributed by atoms with Gasteiger partial charge in [-0.25, -0.2) is 0 Å². The van der Waals surface area contributed by atoms with E-state index in [0.29, 0.717) is 28.7 Å². The number of nitrogens with zero attached hydrogens (tertiary/aromatic N) is 1. The minimum Gasteiger partial charge on any atom is -0.493 e. The first kappa shape index (κ1) is 18.9. The van der Waals surface area contributed by atoms with E-state index in [2.05, 4.69) is 5.32 Å². The maximum Gasteiger partial charge on any atom is 0.262 e. The van der Waals surface area contributed by atoms with E-state index in [1.165, 1.54) is 13.2 Å². The molecule has 23 heavy (non-hydrogen) atoms. The molecule has 0 aliphatic heterocycles. The van der Waals surface area contributed by atoms with Crippen LogP contribution in [0.15, 0.2) is 17.7 Å². The highest BCUT2D eigenvalue weighted by Gasteiger charge is 2.14. The van der Waals surface area contributed by atoms with Gasteiger partial charge in [-0.2, -0.15) is 5.26 Å². The van der Waals surface area contributed by atoms with Crippen LogP contribution in [0.5, 0.6) is 11.5 Å². The van der Waals surface area contributed by atoms with Gasteiger partial charge in [0.2, 0.25) is 0 Å². The monoisotopic (exact) mass is 336 g/mol. The standard InChI is InChI=1S/C17H21ClN2O3/c1-5-6-23-16-14(18)8-12(9-15(16)22-4)7-13(10-19)17(21)20-11(2)3/h7-9,11H,5-6H2,1-4H3,(H,20,21)/b13-7+. The molecule has 0 spiro atoms. The number of halogens is 1. The van der Waals surface area contributed by atoms with Gasteiger partial charge in [0.05, 0.1) is 18.7 Å². The summed E-state index contributed by atoms with van der Waals surface area (Å²) in [5.74, 6) is 0.487. The fourth-order valence-electron chi connectivity index (χ4n) is 1.82. The van der Waals surface area contributed by atoms with Gasteiger partial charge in [0.15, 0.2) is 11.5 Å². The van der Waals surface area contributed by atoms with Gasteiger partial charge in [0.1, 0.15) is 11.6 Å². The lowest BCUT2D eigenvalue weighted by atomic mass is 10.1. The van der Waals surface area contributed by atoms with Crippen molar-refractivity contribution < 1.29 is 14.3 Å². The molecule has 0 saturated carbocycles. The van der Waals surface area contributed by atoms with Crippen LogP contribution in [0.2, 0.25) is 5.02 Å². The molecule has 0 radical (unpaired) electrons. The lowest BCUT2D eigenvalue weighted by Gasteiger charge is -2.13. The smallest absolute Gasteiger partial charge is 0.262 e. The highest BCUT2D eigenvalue weighted by Crippen LogP contribution is 2.37. The molecule has 0 fully saturated rings. The number of carbonyl (C=O) groups excluding carboxylic acids is 1. The third-order valence-electron chi connectivity index (χ3n) is 2.80. The molecule has 1 aromatic carbocycles. The molecule has 0 heterocycles. The molecule has 0 unspecified atom stereocenters. The third kappa shape index (κ3) is 5.50. The summed E-state index contributed by atoms with van der Waals surface area (Å²) >= 11 is 6.22. The molecular formula is C17H21ClN2O3. The predicted molar refractivity (Wildman–Crippen MR) is 90.7 cm³/mol. The van der Waals surface area contributed by atoms with E-state index in [1.807, 2.05) is 26.8 Å². The second kappa shape index (κ2) is 9.06. The van der Waals surface area contributed by atoms with Crippen molar-refractivity contribution in [3.05, 3.63) is 28.3 Å². The van der Waals surface area contributed by atoms with E-state index in [-0.39, 0.29) is 11.6 Å². The highest BCUT2D eigenvalue weighted by atomic mass is 35.5. The van der Waals surface area contributed by atoms with E-state index in [4.69, 9.17) is 26.3 Å². The Hall–Kier alpha value is -2.19. The quantitative estimate of drug-likeness (QED) is 0.610. The zero-order valence-corrected chi connectivity index (χ0v) is 14.5. The number of rotatable bonds is 7. The zero-order chi connectivity index (χ0) is 17.4. The average Bonchev–Trinajstić information content (AvgIpc) is 2.50. The topological polar surface area (TPSA) is 71.3 Å². The van der Waals surface area contributed by atoms with Gasteiger partial charge in [-0.1, -0.05) is 18.5 Å². The van der Waals surface area contributed by atoms with E-state index in [9.17, 15) is 4.79 Å². The second-order valence-electron chi connectivity index (χ2n) is 5.18. The number of amides is 1. The Kier molecular flexibility index (Phi) is 7.43. The Morgan fingerprint density at radius 3 is 2.70 bits per heavy atom. The van der Waals surface area contributed by atoms with Crippen LogP contribution in [0.3, 0.4) is 0 Å². The van der Waals surface area contributed by atoms with Gasteiger partial charge in [-0.05, 0) is 44.0 Å². The Bertz CT molecular complexity index is 633. The minimum atomic E-state index is -0.427. The van der Waals surface area contributed by atoms with Gasteiger partial charge in [0.25, 0.3) is 5.91 Å². The number of ether oxygens (including phenoxy) is 2. The molecule has 6 heteroatoms. The lowest BCUT2D eigenvalue weighted by Crippen LogP contribution is -2.30. The average molecular weight is 337 g/mol. The molecule has 0 aromatic heterocycles. The SMILES string of the molecule is CCCOc1c(Cl)cc(/C=C(\C#N)C(=O)NC(C)C)cc1OC. The normalized spacial score (nSPS) is 11.1. The first-order chi connectivity index (χ1) is 10.9. The summed E-state index contributed by atoms with van der Waals surface area (Å²) in [6.07, 6.45) is 2.31. The van der Waals surface area contributed by atoms with Crippen molar-refractivity contribution in [2.45, 2.75) is 33.2 Å². The summed E-state index contributed by atoms with van der Waals surface area (Å²) in [5, 5.41) is 12.2. The molecule has 1 amide bonds. The molecule has 1 N–H and O–H groups in total. The summed E-state index contributed by atoms with van der Waals surface area (Å²) in [7, 11) is 1.51. The van der Waals surface area contributed by atoms with Gasteiger partial charge in [-0.3, -0.25) is 4.79 Å². The van der Waals surface area contributed by atoms with Crippen molar-refractivity contribution in [2.24, 2.45) is 0 Å². The molecule has 0 aliphatic carbocycles. The number of hydrogen-bond acceptors (Lipinski definition) is 4. The molecule has 0 aliphatic rings. The molecule has 124 valence electrons. The molecular weight excluding hydrogens is 316 g/mol. The first-order valence-corrected chi connectivity index (χ1v) is 7.73. The molecule has 1 rings (SSSR count). The number of carbonyl (C=O) groups is 1. The van der Waals surface area contributed by atoms with Crippen LogP contribution in [0.25, 0.3) is 6.08 Å². The zero-order valence-electron chi connectivity index (χ0n) is 13.8. The Balaban J connectivity index is 3.17. The number of hydrogen-bond donors (Lipinski definition) is 1. The van der Waals surface area contributed by atoms with Crippen LogP contribution >= 0.6 is 11.6 Å². The van der Waals surface area contributed by atoms with E-state index >= 15 is 0 Å². The summed E-state index contributed by atoms with van der Waals surface area (Å²) in [5.41, 5.74) is 0.588. The van der Waals surface area contributed by atoms with Crippen LogP contribution in [0.1, 0.15) is 32.8 Å². The van der Waals surface area contributed by atoms with Crippen LogP contribution in [0.4, 0.5) is 0 Å². The Morgan fingerprint density at radius 2 is 2.17 bits per heavy atom. The van der Waals surface area contributed by atoms with Gasteiger partial charge >= 0.3 is 0 Å². The van der Waals surface area contributed by atoms with Crippen LogP contribution in [-0.2, 0) is 4.79 Å². The van der Waals surface area contributed by atoms with E-state index in [1.54, 1.807) is 12.1 Å². The maximum atomic E-state index is 11.9.